The first-order chi connectivity index (χ1) is 34.2. The third-order valence-electron chi connectivity index (χ3n) is 14.1. The van der Waals surface area contributed by atoms with Gasteiger partial charge in [0.15, 0.2) is 11.6 Å². The van der Waals surface area contributed by atoms with Crippen LogP contribution in [0.2, 0.25) is 0 Å². The number of aromatic nitrogens is 4. The summed E-state index contributed by atoms with van der Waals surface area (Å²) < 4.78 is 9.28. The summed E-state index contributed by atoms with van der Waals surface area (Å²) in [5, 5.41) is 2.21. The molecule has 10 aromatic carbocycles. The molecule has 12 aromatic rings. The highest BCUT2D eigenvalue weighted by atomic mass is 16.5. The maximum absolute atomic E-state index is 7.03. The van der Waals surface area contributed by atoms with Crippen molar-refractivity contribution in [2.45, 2.75) is 5.41 Å². The Kier molecular flexibility index (Phi) is 8.73. The zero-order valence-electron chi connectivity index (χ0n) is 37.3. The molecule has 2 aliphatic rings. The quantitative estimate of drug-likeness (QED) is 0.167. The number of nitrogens with zero attached hydrogens (tertiary/aromatic N) is 4. The van der Waals surface area contributed by atoms with E-state index in [4.69, 9.17) is 19.7 Å². The minimum atomic E-state index is -0.752. The smallest absolute Gasteiger partial charge is 0.238 e. The summed E-state index contributed by atoms with van der Waals surface area (Å²) in [6.45, 7) is 0. The van der Waals surface area contributed by atoms with Gasteiger partial charge in [-0.25, -0.2) is 4.98 Å². The van der Waals surface area contributed by atoms with Gasteiger partial charge >= 0.3 is 0 Å². The monoisotopic (exact) mass is 880 g/mol. The molecule has 322 valence electrons. The van der Waals surface area contributed by atoms with Gasteiger partial charge in [-0.3, -0.25) is 4.57 Å². The Morgan fingerprint density at radius 1 is 0.304 bits per heavy atom. The molecular weight excluding hydrogens is 841 g/mol. The summed E-state index contributed by atoms with van der Waals surface area (Å²) in [7, 11) is 0. The average molecular weight is 881 g/mol. The van der Waals surface area contributed by atoms with Crippen LogP contribution in [0.25, 0.3) is 95.0 Å². The van der Waals surface area contributed by atoms with Gasteiger partial charge in [-0.2, -0.15) is 9.97 Å². The van der Waals surface area contributed by atoms with Crippen molar-refractivity contribution in [3.8, 4) is 84.7 Å². The second kappa shape index (κ2) is 15.4. The van der Waals surface area contributed by atoms with E-state index in [1.54, 1.807) is 0 Å². The van der Waals surface area contributed by atoms with E-state index >= 15 is 0 Å². The van der Waals surface area contributed by atoms with Crippen LogP contribution in [0.1, 0.15) is 22.3 Å². The predicted molar refractivity (Wildman–Crippen MR) is 279 cm³/mol. The van der Waals surface area contributed by atoms with Crippen LogP contribution in [0.4, 0.5) is 0 Å². The first kappa shape index (κ1) is 39.0. The lowest BCUT2D eigenvalue weighted by Crippen LogP contribution is -2.32. The van der Waals surface area contributed by atoms with E-state index in [0.717, 1.165) is 94.5 Å². The lowest BCUT2D eigenvalue weighted by molar-refractivity contribution is 0.436. The highest BCUT2D eigenvalue weighted by Gasteiger charge is 2.52. The van der Waals surface area contributed by atoms with Crippen molar-refractivity contribution >= 4 is 21.8 Å². The predicted octanol–water partition coefficient (Wildman–Crippen LogP) is 15.8. The van der Waals surface area contributed by atoms with Crippen LogP contribution in [0.5, 0.6) is 11.5 Å². The largest absolute Gasteiger partial charge is 0.457 e. The molecule has 0 N–H and O–H groups in total. The molecule has 0 amide bonds. The van der Waals surface area contributed by atoms with Crippen LogP contribution in [-0.4, -0.2) is 19.5 Å². The normalized spacial score (nSPS) is 12.9. The van der Waals surface area contributed by atoms with Crippen molar-refractivity contribution in [2.75, 3.05) is 0 Å². The first-order valence-electron chi connectivity index (χ1n) is 23.4. The molecule has 0 saturated carbocycles. The fourth-order valence-corrected chi connectivity index (χ4v) is 11.0. The lowest BCUT2D eigenvalue weighted by atomic mass is 9.65. The Bertz CT molecular complexity index is 3820. The van der Waals surface area contributed by atoms with Crippen molar-refractivity contribution in [2.24, 2.45) is 0 Å². The highest BCUT2D eigenvalue weighted by molar-refractivity contribution is 6.13. The minimum Gasteiger partial charge on any atom is -0.457 e. The van der Waals surface area contributed by atoms with E-state index in [9.17, 15) is 0 Å². The molecule has 2 aromatic heterocycles. The molecule has 1 aliphatic heterocycles. The fraction of sp³-hybridized carbons (Fsp3) is 0.0156. The van der Waals surface area contributed by atoms with Crippen LogP contribution < -0.4 is 4.74 Å². The van der Waals surface area contributed by atoms with Crippen molar-refractivity contribution in [1.29, 1.82) is 0 Å². The zero-order valence-corrected chi connectivity index (χ0v) is 37.3. The Hall–Kier alpha value is -9.19. The van der Waals surface area contributed by atoms with Crippen LogP contribution in [-0.2, 0) is 5.41 Å². The summed E-state index contributed by atoms with van der Waals surface area (Å²) in [5.74, 6) is 3.47. The average Bonchev–Trinajstić information content (AvgIpc) is 3.90. The molecule has 0 saturated heterocycles. The molecule has 1 aliphatic carbocycles. The Morgan fingerprint density at radius 2 is 0.754 bits per heavy atom. The van der Waals surface area contributed by atoms with Gasteiger partial charge in [-0.1, -0.05) is 194 Å². The van der Waals surface area contributed by atoms with Gasteiger partial charge < -0.3 is 4.74 Å². The zero-order chi connectivity index (χ0) is 45.5. The molecule has 3 heterocycles. The SMILES string of the molecule is c1ccc(-c2ccc3c(c2)C2(c4cc(-c5ccccc5)ccc4O3)c3ccccc3-c3cc4c(cc32)c2cc(-c3ccccc3)ccc2n4-c2nc(-c3ccccc3)nc(-c3ccccc3)n2)cc1. The van der Waals surface area contributed by atoms with Gasteiger partial charge in [-0.15, -0.1) is 0 Å². The van der Waals surface area contributed by atoms with Crippen LogP contribution in [0.3, 0.4) is 0 Å². The lowest BCUT2D eigenvalue weighted by Gasteiger charge is -2.40. The Morgan fingerprint density at radius 3 is 1.29 bits per heavy atom. The standard InChI is InChI=1S/C64H40N4O/c1-6-18-41(19-7-1)46-30-33-57-51(36-46)52-39-54-50(40-58(52)68(57)63-66-61(44-24-12-4-13-25-44)65-62(67-63)45-26-14-5-15-27-45)49-28-16-17-29-53(49)64(54)55-37-47(42-20-8-2-9-21-42)31-34-59(55)69-60-35-32-48(38-56(60)64)43-22-10-3-11-23-43/h1-40H. The van der Waals surface area contributed by atoms with Gasteiger partial charge in [0.2, 0.25) is 5.95 Å². The van der Waals surface area contributed by atoms with E-state index in [1.807, 2.05) is 36.4 Å². The summed E-state index contributed by atoms with van der Waals surface area (Å²) in [6, 6.07) is 86.4. The number of hydrogen-bond donors (Lipinski definition) is 0. The van der Waals surface area contributed by atoms with Crippen molar-refractivity contribution in [3.05, 3.63) is 265 Å². The third-order valence-corrected chi connectivity index (χ3v) is 14.1. The molecule has 0 bridgehead atoms. The Balaban J connectivity index is 1.11. The van der Waals surface area contributed by atoms with Crippen LogP contribution in [0, 0.1) is 0 Å². The summed E-state index contributed by atoms with van der Waals surface area (Å²) in [4.78, 5) is 15.8. The first-order valence-corrected chi connectivity index (χ1v) is 23.4. The number of rotatable bonds is 6. The molecular formula is C64H40N4O. The third kappa shape index (κ3) is 6.07. The molecule has 0 atom stereocenters. The molecule has 5 heteroatoms. The Labute approximate surface area is 399 Å². The molecule has 0 radical (unpaired) electrons. The van der Waals surface area contributed by atoms with E-state index in [1.165, 1.54) is 16.7 Å². The summed E-state index contributed by atoms with van der Waals surface area (Å²) >= 11 is 0. The maximum atomic E-state index is 7.03. The number of benzene rings is 10. The molecule has 1 spiro atoms. The maximum Gasteiger partial charge on any atom is 0.238 e. The second-order valence-electron chi connectivity index (χ2n) is 17.9. The van der Waals surface area contributed by atoms with Crippen LogP contribution in [0.15, 0.2) is 243 Å². The van der Waals surface area contributed by atoms with Gasteiger partial charge in [-0.05, 0) is 104 Å². The second-order valence-corrected chi connectivity index (χ2v) is 17.9. The van der Waals surface area contributed by atoms with Gasteiger partial charge in [0.05, 0.1) is 16.4 Å². The summed E-state index contributed by atoms with van der Waals surface area (Å²) in [5.41, 5.74) is 16.9. The van der Waals surface area contributed by atoms with Crippen molar-refractivity contribution in [1.82, 2.24) is 19.5 Å². The molecule has 0 unspecified atom stereocenters. The van der Waals surface area contributed by atoms with Crippen molar-refractivity contribution < 1.29 is 4.74 Å². The number of fused-ring (bicyclic) bond motifs is 12. The van der Waals surface area contributed by atoms with Gasteiger partial charge in [0.25, 0.3) is 0 Å². The molecule has 69 heavy (non-hydrogen) atoms. The van der Waals surface area contributed by atoms with Crippen molar-refractivity contribution in [3.63, 3.8) is 0 Å². The molecule has 14 rings (SSSR count). The number of ether oxygens (including phenoxy) is 1. The minimum absolute atomic E-state index is 0.554. The fourth-order valence-electron chi connectivity index (χ4n) is 11.0. The topological polar surface area (TPSA) is 52.8 Å². The highest BCUT2D eigenvalue weighted by Crippen LogP contribution is 2.63. The number of hydrogen-bond acceptors (Lipinski definition) is 4. The van der Waals surface area contributed by atoms with Gasteiger partial charge in [0, 0.05) is 33.0 Å². The van der Waals surface area contributed by atoms with Gasteiger partial charge in [0.1, 0.15) is 11.5 Å². The van der Waals surface area contributed by atoms with E-state index < -0.39 is 5.41 Å². The van der Waals surface area contributed by atoms with Crippen LogP contribution >= 0.6 is 0 Å². The van der Waals surface area contributed by atoms with E-state index in [0.29, 0.717) is 17.6 Å². The molecule has 0 fully saturated rings. The van der Waals surface area contributed by atoms with E-state index in [2.05, 4.69) is 211 Å². The molecule has 5 nitrogen and oxygen atoms in total. The van der Waals surface area contributed by atoms with E-state index in [-0.39, 0.29) is 0 Å². The summed E-state index contributed by atoms with van der Waals surface area (Å²) in [6.07, 6.45) is 0.